The van der Waals surface area contributed by atoms with Crippen LogP contribution in [0.5, 0.6) is 11.5 Å². The summed E-state index contributed by atoms with van der Waals surface area (Å²) >= 11 is 7.18. The van der Waals surface area contributed by atoms with Crippen molar-refractivity contribution < 1.29 is 9.47 Å². The van der Waals surface area contributed by atoms with E-state index in [1.54, 1.807) is 0 Å². The third kappa shape index (κ3) is 12.6. The van der Waals surface area contributed by atoms with Crippen LogP contribution < -0.4 is 9.47 Å². The summed E-state index contributed by atoms with van der Waals surface area (Å²) in [5.41, 5.74) is 4.95. The Kier molecular flexibility index (Phi) is 15.9. The van der Waals surface area contributed by atoms with E-state index in [0.717, 1.165) is 47.0 Å². The monoisotopic (exact) mass is 636 g/mol. The van der Waals surface area contributed by atoms with Gasteiger partial charge >= 0.3 is 0 Å². The summed E-state index contributed by atoms with van der Waals surface area (Å²) < 4.78 is 12.8. The maximum Gasteiger partial charge on any atom is 0.124 e. The van der Waals surface area contributed by atoms with Gasteiger partial charge in [0.2, 0.25) is 0 Å². The number of unbranched alkanes of at least 4 members (excludes halogenated alkanes) is 1. The Labute approximate surface area is 244 Å². The molecule has 0 saturated carbocycles. The molecule has 0 bridgehead atoms. The van der Waals surface area contributed by atoms with E-state index in [-0.39, 0.29) is 0 Å². The minimum Gasteiger partial charge on any atom is -0.493 e. The lowest BCUT2D eigenvalue weighted by Crippen LogP contribution is -2.12. The van der Waals surface area contributed by atoms with Crippen LogP contribution in [0.25, 0.3) is 0 Å². The van der Waals surface area contributed by atoms with Crippen LogP contribution in [0.4, 0.5) is 0 Å². The lowest BCUT2D eigenvalue weighted by Gasteiger charge is -2.18. The minimum atomic E-state index is 0.549. The lowest BCUT2D eigenvalue weighted by atomic mass is 9.94. The van der Waals surface area contributed by atoms with Crippen LogP contribution in [-0.4, -0.2) is 6.61 Å². The second-order valence-electron chi connectivity index (χ2n) is 11.2. The molecule has 2 aromatic rings. The van der Waals surface area contributed by atoms with Gasteiger partial charge < -0.3 is 9.47 Å². The zero-order chi connectivity index (χ0) is 27.0. The number of halogens is 2. The predicted molar refractivity (Wildman–Crippen MR) is 167 cm³/mol. The molecule has 0 N–H and O–H groups in total. The highest BCUT2D eigenvalue weighted by Crippen LogP contribution is 2.27. The number of aryl methyl sites for hydroxylation is 1. The summed E-state index contributed by atoms with van der Waals surface area (Å²) in [5.74, 6) is 4.11. The van der Waals surface area contributed by atoms with Crippen LogP contribution in [-0.2, 0) is 23.7 Å². The molecule has 2 nitrogen and oxygen atoms in total. The highest BCUT2D eigenvalue weighted by molar-refractivity contribution is 9.08. The zero-order valence-corrected chi connectivity index (χ0v) is 27.1. The van der Waals surface area contributed by atoms with Gasteiger partial charge in [-0.1, -0.05) is 123 Å². The second kappa shape index (κ2) is 18.3. The van der Waals surface area contributed by atoms with Crippen molar-refractivity contribution in [3.8, 4) is 11.5 Å². The topological polar surface area (TPSA) is 18.5 Å². The molecule has 0 radical (unpaired) electrons. The van der Waals surface area contributed by atoms with Crippen LogP contribution in [0.15, 0.2) is 36.4 Å². The Hall–Kier alpha value is -1.000. The van der Waals surface area contributed by atoms with Gasteiger partial charge in [-0.3, -0.25) is 0 Å². The largest absolute Gasteiger partial charge is 0.493 e. The molecule has 208 valence electrons. The van der Waals surface area contributed by atoms with Crippen LogP contribution in [0.1, 0.15) is 108 Å². The van der Waals surface area contributed by atoms with Crippen molar-refractivity contribution in [2.24, 2.45) is 17.8 Å². The molecule has 4 heteroatoms. The van der Waals surface area contributed by atoms with Crippen molar-refractivity contribution in [1.29, 1.82) is 0 Å². The maximum absolute atomic E-state index is 6.40. The third-order valence-electron chi connectivity index (χ3n) is 7.28. The van der Waals surface area contributed by atoms with E-state index < -0.39 is 0 Å². The minimum absolute atomic E-state index is 0.549. The van der Waals surface area contributed by atoms with E-state index in [0.29, 0.717) is 12.5 Å². The van der Waals surface area contributed by atoms with Crippen molar-refractivity contribution in [3.63, 3.8) is 0 Å². The van der Waals surface area contributed by atoms with Gasteiger partial charge in [-0.25, -0.2) is 0 Å². The molecule has 0 aliphatic carbocycles. The van der Waals surface area contributed by atoms with E-state index in [4.69, 9.17) is 9.47 Å². The molecule has 2 atom stereocenters. The van der Waals surface area contributed by atoms with Gasteiger partial charge in [0, 0.05) is 16.2 Å². The maximum atomic E-state index is 6.40. The summed E-state index contributed by atoms with van der Waals surface area (Å²) in [5, 5.41) is 1.61. The highest BCUT2D eigenvalue weighted by Gasteiger charge is 2.11. The van der Waals surface area contributed by atoms with E-state index in [1.807, 2.05) is 0 Å². The molecule has 0 aromatic heterocycles. The molecule has 0 heterocycles. The first kappa shape index (κ1) is 32.2. The number of hydrogen-bond acceptors (Lipinski definition) is 2. The molecular formula is C33H50Br2O2. The van der Waals surface area contributed by atoms with Crippen LogP contribution in [0.3, 0.4) is 0 Å². The first-order valence-electron chi connectivity index (χ1n) is 14.5. The van der Waals surface area contributed by atoms with E-state index in [1.165, 1.54) is 73.6 Å². The predicted octanol–water partition coefficient (Wildman–Crippen LogP) is 11.0. The Bertz CT molecular complexity index is 896. The highest BCUT2D eigenvalue weighted by atomic mass is 79.9. The molecule has 0 aliphatic rings. The number of rotatable bonds is 19. The smallest absolute Gasteiger partial charge is 0.124 e. The zero-order valence-electron chi connectivity index (χ0n) is 24.0. The van der Waals surface area contributed by atoms with Gasteiger partial charge in [0.05, 0.1) is 6.61 Å². The molecule has 37 heavy (non-hydrogen) atoms. The molecule has 2 unspecified atom stereocenters. The lowest BCUT2D eigenvalue weighted by molar-refractivity contribution is 0.232. The fourth-order valence-electron chi connectivity index (χ4n) is 4.67. The van der Waals surface area contributed by atoms with Crippen LogP contribution >= 0.6 is 31.9 Å². The molecule has 0 aliphatic heterocycles. The number of hydrogen-bond donors (Lipinski definition) is 0. The summed E-state index contributed by atoms with van der Waals surface area (Å²) in [7, 11) is 0. The molecular weight excluding hydrogens is 588 g/mol. The summed E-state index contributed by atoms with van der Waals surface area (Å²) in [6.45, 7) is 12.9. The van der Waals surface area contributed by atoms with Gasteiger partial charge in [-0.2, -0.15) is 0 Å². The van der Waals surface area contributed by atoms with Crippen LogP contribution in [0.2, 0.25) is 0 Å². The van der Waals surface area contributed by atoms with E-state index >= 15 is 0 Å². The molecule has 0 amide bonds. The first-order chi connectivity index (χ1) is 17.9. The van der Waals surface area contributed by atoms with Gasteiger partial charge in [0.25, 0.3) is 0 Å². The van der Waals surface area contributed by atoms with Crippen LogP contribution in [0, 0.1) is 17.8 Å². The molecule has 0 saturated heterocycles. The van der Waals surface area contributed by atoms with Gasteiger partial charge in [-0.15, -0.1) is 0 Å². The molecule has 2 aromatic carbocycles. The molecule has 0 fully saturated rings. The third-order valence-corrected chi connectivity index (χ3v) is 8.54. The van der Waals surface area contributed by atoms with Gasteiger partial charge in [0.1, 0.15) is 18.1 Å². The summed E-state index contributed by atoms with van der Waals surface area (Å²) in [6.07, 6.45) is 11.2. The number of ether oxygens (including phenoxy) is 2. The number of benzene rings is 2. The summed E-state index contributed by atoms with van der Waals surface area (Å²) in [4.78, 5) is 0. The standard InChI is InChI=1S/C33H50Br2O2/c1-6-8-12-27(7-2)23-36-32-18-28(14-13-26(5)11-9-10-25(3)4)17-30(19-32)24-37-33-20-29(21-34)15-16-31(33)22-35/h15-20,25-27H,6-14,21-24H2,1-5H3. The van der Waals surface area contributed by atoms with Crippen molar-refractivity contribution in [2.75, 3.05) is 6.61 Å². The van der Waals surface area contributed by atoms with Crippen molar-refractivity contribution in [3.05, 3.63) is 58.7 Å². The fraction of sp³-hybridized carbons (Fsp3) is 0.636. The molecule has 2 rings (SSSR count). The second-order valence-corrected chi connectivity index (χ2v) is 12.3. The van der Waals surface area contributed by atoms with E-state index in [9.17, 15) is 0 Å². The summed E-state index contributed by atoms with van der Waals surface area (Å²) in [6, 6.07) is 13.2. The van der Waals surface area contributed by atoms with Gasteiger partial charge in [0.15, 0.2) is 0 Å². The Morgan fingerprint density at radius 3 is 2.22 bits per heavy atom. The van der Waals surface area contributed by atoms with Gasteiger partial charge in [-0.05, 0) is 71.9 Å². The quantitative estimate of drug-likeness (QED) is 0.143. The Balaban J connectivity index is 2.13. The number of alkyl halides is 2. The van der Waals surface area contributed by atoms with Crippen molar-refractivity contribution in [2.45, 2.75) is 110 Å². The first-order valence-corrected chi connectivity index (χ1v) is 16.7. The average molecular weight is 639 g/mol. The Morgan fingerprint density at radius 2 is 1.54 bits per heavy atom. The fourth-order valence-corrected chi connectivity index (χ4v) is 5.48. The van der Waals surface area contributed by atoms with E-state index in [2.05, 4.69) is 103 Å². The molecule has 0 spiro atoms. The SMILES string of the molecule is CCCCC(CC)COc1cc(CCC(C)CCCC(C)C)cc(COc2cc(CBr)ccc2CBr)c1. The van der Waals surface area contributed by atoms with Crippen molar-refractivity contribution in [1.82, 2.24) is 0 Å². The Morgan fingerprint density at radius 1 is 0.757 bits per heavy atom. The van der Waals surface area contributed by atoms with Crippen molar-refractivity contribution >= 4 is 31.9 Å². The normalized spacial score (nSPS) is 13.1. The average Bonchev–Trinajstić information content (AvgIpc) is 2.90.